The summed E-state index contributed by atoms with van der Waals surface area (Å²) in [6.07, 6.45) is 1.90. The lowest BCUT2D eigenvalue weighted by molar-refractivity contribution is 0.475. The van der Waals surface area contributed by atoms with Gasteiger partial charge in [0, 0.05) is 28.4 Å². The number of hydrogen-bond donors (Lipinski definition) is 1. The van der Waals surface area contributed by atoms with E-state index in [0.29, 0.717) is 11.4 Å². The summed E-state index contributed by atoms with van der Waals surface area (Å²) in [4.78, 5) is 10.6. The number of aryl methyl sites for hydroxylation is 1. The number of phenolic OH excluding ortho intramolecular Hbond substituents is 1. The van der Waals surface area contributed by atoms with E-state index in [1.165, 1.54) is 32.8 Å². The summed E-state index contributed by atoms with van der Waals surface area (Å²) >= 11 is 0. The number of benzene rings is 7. The molecule has 0 fully saturated rings. The Labute approximate surface area is 360 Å². The van der Waals surface area contributed by atoms with Gasteiger partial charge in [0.05, 0.1) is 22.1 Å². The van der Waals surface area contributed by atoms with E-state index >= 15 is 0 Å². The highest BCUT2D eigenvalue weighted by Crippen LogP contribution is 2.44. The van der Waals surface area contributed by atoms with E-state index in [0.717, 1.165) is 61.2 Å². The molecule has 4 nitrogen and oxygen atoms in total. The molecule has 9 aromatic rings. The number of hydrogen-bond acceptors (Lipinski definition) is 3. The average molecular weight is 798 g/mol. The molecule has 0 spiro atoms. The first-order valence-electron chi connectivity index (χ1n) is 21.5. The van der Waals surface area contributed by atoms with Gasteiger partial charge in [-0.15, -0.1) is 0 Å². The Morgan fingerprint density at radius 3 is 1.84 bits per heavy atom. The smallest absolute Gasteiger partial charge is 0.149 e. The molecule has 0 saturated heterocycles. The number of imidazole rings is 1. The van der Waals surface area contributed by atoms with Gasteiger partial charge >= 0.3 is 0 Å². The standard InChI is InChI=1S/C57H55N3O/c1-35-43-22-15-29-58-52(43)47(34-49(35)57(8,9)10)38-19-13-18-37(30-38)46-31-39(45-21-14-17-36-16-11-12-20-44(36)45)32-50-53(46)59-54(48-33-41(56(5,6)7)25-28-51(48)61)60(50)42-26-23-40(24-27-42)55(2,3)4/h11-34,61H,1-10H3. The quantitative estimate of drug-likeness (QED) is 0.189. The predicted molar refractivity (Wildman–Crippen MR) is 258 cm³/mol. The fraction of sp³-hybridized carbons (Fsp3) is 0.228. The minimum Gasteiger partial charge on any atom is -0.507 e. The molecule has 0 aliphatic carbocycles. The van der Waals surface area contributed by atoms with E-state index in [9.17, 15) is 5.11 Å². The van der Waals surface area contributed by atoms with E-state index < -0.39 is 0 Å². The third-order valence-electron chi connectivity index (χ3n) is 12.4. The van der Waals surface area contributed by atoms with Crippen molar-refractivity contribution in [1.29, 1.82) is 0 Å². The second kappa shape index (κ2) is 14.6. The van der Waals surface area contributed by atoms with Gasteiger partial charge in [0.1, 0.15) is 11.6 Å². The lowest BCUT2D eigenvalue weighted by Gasteiger charge is -2.24. The van der Waals surface area contributed by atoms with Crippen molar-refractivity contribution in [2.45, 2.75) is 85.5 Å². The van der Waals surface area contributed by atoms with Crippen molar-refractivity contribution >= 4 is 32.7 Å². The molecular weight excluding hydrogens is 743 g/mol. The lowest BCUT2D eigenvalue weighted by atomic mass is 9.80. The Hall–Kier alpha value is -6.52. The van der Waals surface area contributed by atoms with Crippen LogP contribution in [0.15, 0.2) is 146 Å². The summed E-state index contributed by atoms with van der Waals surface area (Å²) in [5.74, 6) is 0.889. The van der Waals surface area contributed by atoms with Crippen LogP contribution in [0.2, 0.25) is 0 Å². The largest absolute Gasteiger partial charge is 0.507 e. The van der Waals surface area contributed by atoms with Gasteiger partial charge < -0.3 is 5.11 Å². The fourth-order valence-corrected chi connectivity index (χ4v) is 9.01. The number of rotatable bonds is 5. The number of phenols is 1. The summed E-state index contributed by atoms with van der Waals surface area (Å²) in [5, 5.41) is 15.3. The molecule has 0 atom stereocenters. The van der Waals surface area contributed by atoms with Crippen LogP contribution in [0.1, 0.15) is 84.6 Å². The zero-order valence-corrected chi connectivity index (χ0v) is 37.1. The van der Waals surface area contributed by atoms with Gasteiger partial charge in [-0.3, -0.25) is 9.55 Å². The maximum absolute atomic E-state index is 11.7. The molecule has 0 aliphatic heterocycles. The second-order valence-electron chi connectivity index (χ2n) is 19.8. The van der Waals surface area contributed by atoms with Gasteiger partial charge in [-0.1, -0.05) is 147 Å². The highest BCUT2D eigenvalue weighted by molar-refractivity contribution is 6.04. The van der Waals surface area contributed by atoms with Crippen molar-refractivity contribution in [3.05, 3.63) is 168 Å². The van der Waals surface area contributed by atoms with E-state index in [-0.39, 0.29) is 22.0 Å². The summed E-state index contributed by atoms with van der Waals surface area (Å²) < 4.78 is 2.25. The highest BCUT2D eigenvalue weighted by atomic mass is 16.3. The molecule has 0 aliphatic rings. The van der Waals surface area contributed by atoms with Crippen LogP contribution < -0.4 is 0 Å². The molecule has 0 radical (unpaired) electrons. The van der Waals surface area contributed by atoms with Gasteiger partial charge in [0.2, 0.25) is 0 Å². The third-order valence-corrected chi connectivity index (χ3v) is 12.4. The molecule has 1 N–H and O–H groups in total. The number of nitrogens with zero attached hydrogens (tertiary/aromatic N) is 3. The molecule has 4 heteroatoms. The molecule has 0 saturated carbocycles. The zero-order chi connectivity index (χ0) is 43.0. The van der Waals surface area contributed by atoms with Gasteiger partial charge in [0.15, 0.2) is 0 Å². The van der Waals surface area contributed by atoms with Crippen molar-refractivity contribution in [3.63, 3.8) is 0 Å². The minimum absolute atomic E-state index is 0.0106. The molecule has 0 bridgehead atoms. The monoisotopic (exact) mass is 797 g/mol. The van der Waals surface area contributed by atoms with Crippen LogP contribution in [0, 0.1) is 6.92 Å². The predicted octanol–water partition coefficient (Wildman–Crippen LogP) is 15.3. The first-order chi connectivity index (χ1) is 29.0. The Bertz CT molecular complexity index is 3140. The highest BCUT2D eigenvalue weighted by Gasteiger charge is 2.26. The zero-order valence-electron chi connectivity index (χ0n) is 37.1. The van der Waals surface area contributed by atoms with Crippen LogP contribution in [0.3, 0.4) is 0 Å². The van der Waals surface area contributed by atoms with Crippen molar-refractivity contribution in [2.24, 2.45) is 0 Å². The molecule has 2 heterocycles. The molecule has 7 aromatic carbocycles. The van der Waals surface area contributed by atoms with Crippen LogP contribution in [-0.2, 0) is 16.2 Å². The molecular formula is C57H55N3O. The van der Waals surface area contributed by atoms with Gasteiger partial charge in [-0.05, 0) is 133 Å². The van der Waals surface area contributed by atoms with Crippen LogP contribution in [0.25, 0.3) is 83.2 Å². The van der Waals surface area contributed by atoms with Crippen LogP contribution in [0.4, 0.5) is 0 Å². The van der Waals surface area contributed by atoms with Gasteiger partial charge in [-0.2, -0.15) is 0 Å². The molecule has 0 amide bonds. The molecule has 0 unspecified atom stereocenters. The van der Waals surface area contributed by atoms with Crippen LogP contribution in [0.5, 0.6) is 5.75 Å². The number of pyridine rings is 1. The Kier molecular flexibility index (Phi) is 9.55. The van der Waals surface area contributed by atoms with Gasteiger partial charge in [-0.25, -0.2) is 4.98 Å². The van der Waals surface area contributed by atoms with Crippen molar-refractivity contribution in [2.75, 3.05) is 0 Å². The number of fused-ring (bicyclic) bond motifs is 3. The van der Waals surface area contributed by atoms with Crippen LogP contribution >= 0.6 is 0 Å². The fourth-order valence-electron chi connectivity index (χ4n) is 9.01. The lowest BCUT2D eigenvalue weighted by Crippen LogP contribution is -2.13. The molecule has 61 heavy (non-hydrogen) atoms. The second-order valence-corrected chi connectivity index (χ2v) is 19.8. The normalized spacial score (nSPS) is 12.5. The SMILES string of the molecule is Cc1c(C(C)(C)C)cc(-c2cccc(-c3cc(-c4cccc5ccccc45)cc4c3nc(-c3cc(C(C)(C)C)ccc3O)n4-c3ccc(C(C)(C)C)cc3)c2)c2ncccc12. The maximum Gasteiger partial charge on any atom is 0.149 e. The summed E-state index contributed by atoms with van der Waals surface area (Å²) in [7, 11) is 0. The van der Waals surface area contributed by atoms with E-state index in [2.05, 4.69) is 195 Å². The Morgan fingerprint density at radius 2 is 1.13 bits per heavy atom. The van der Waals surface area contributed by atoms with Crippen LogP contribution in [-0.4, -0.2) is 19.6 Å². The third kappa shape index (κ3) is 7.18. The number of aromatic nitrogens is 3. The van der Waals surface area contributed by atoms with E-state index in [1.54, 1.807) is 0 Å². The van der Waals surface area contributed by atoms with Crippen molar-refractivity contribution < 1.29 is 5.11 Å². The van der Waals surface area contributed by atoms with E-state index in [4.69, 9.17) is 9.97 Å². The first kappa shape index (κ1) is 39.9. The summed E-state index contributed by atoms with van der Waals surface area (Å²) in [6.45, 7) is 22.4. The Balaban J connectivity index is 1.38. The maximum atomic E-state index is 11.7. The van der Waals surface area contributed by atoms with Crippen molar-refractivity contribution in [1.82, 2.24) is 14.5 Å². The Morgan fingerprint density at radius 1 is 0.492 bits per heavy atom. The first-order valence-corrected chi connectivity index (χ1v) is 21.5. The van der Waals surface area contributed by atoms with E-state index in [1.807, 2.05) is 24.4 Å². The van der Waals surface area contributed by atoms with Gasteiger partial charge in [0.25, 0.3) is 0 Å². The number of aromatic hydroxyl groups is 1. The van der Waals surface area contributed by atoms with Crippen molar-refractivity contribution in [3.8, 4) is 56.2 Å². The molecule has 2 aromatic heterocycles. The molecule has 304 valence electrons. The topological polar surface area (TPSA) is 50.9 Å². The average Bonchev–Trinajstić information content (AvgIpc) is 3.61. The molecule has 9 rings (SSSR count). The minimum atomic E-state index is -0.136. The summed E-state index contributed by atoms with van der Waals surface area (Å²) in [5.41, 5.74) is 15.8. The summed E-state index contributed by atoms with van der Waals surface area (Å²) in [6, 6.07) is 50.0.